The first kappa shape index (κ1) is 33.9. The zero-order valence-electron chi connectivity index (χ0n) is 29.2. The molecule has 3 aromatic carbocycles. The van der Waals surface area contributed by atoms with E-state index in [1.165, 1.54) is 0 Å². The van der Waals surface area contributed by atoms with Crippen molar-refractivity contribution >= 4 is 56.8 Å². The van der Waals surface area contributed by atoms with Crippen LogP contribution in [0.5, 0.6) is 0 Å². The molecule has 0 bridgehead atoms. The number of aromatic amines is 1. The lowest BCUT2D eigenvalue weighted by molar-refractivity contribution is -0.131. The number of nitrogens with zero attached hydrogens (tertiary/aromatic N) is 4. The molecule has 0 saturated carbocycles. The number of hydrogen-bond acceptors (Lipinski definition) is 4. The number of likely N-dealkylation sites (tertiary alicyclic amines) is 1. The van der Waals surface area contributed by atoms with Crippen molar-refractivity contribution in [2.45, 2.75) is 38.1 Å². The Balaban J connectivity index is 1.13. The Hall–Kier alpha value is -4.60. The minimum absolute atomic E-state index is 0.0280. The lowest BCUT2D eigenvalue weighted by atomic mass is 9.87. The van der Waals surface area contributed by atoms with Gasteiger partial charge < -0.3 is 29.6 Å². The first-order valence-electron chi connectivity index (χ1n) is 17.5. The molecule has 0 radical (unpaired) electrons. The van der Waals surface area contributed by atoms with Gasteiger partial charge in [-0.05, 0) is 86.8 Å². The van der Waals surface area contributed by atoms with Crippen LogP contribution in [0.1, 0.15) is 47.3 Å². The average Bonchev–Trinajstić information content (AvgIpc) is 3.70. The van der Waals surface area contributed by atoms with E-state index in [1.807, 2.05) is 115 Å². The lowest BCUT2D eigenvalue weighted by Crippen LogP contribution is -2.55. The van der Waals surface area contributed by atoms with Gasteiger partial charge in [0.2, 0.25) is 11.8 Å². The van der Waals surface area contributed by atoms with E-state index in [1.54, 1.807) is 0 Å². The van der Waals surface area contributed by atoms with Crippen LogP contribution in [0.4, 0.5) is 5.69 Å². The molecule has 3 amide bonds. The second-order valence-electron chi connectivity index (χ2n) is 14.3. The largest absolute Gasteiger partial charge is 0.361 e. The fraction of sp³-hybridized carbons (Fsp3) is 0.375. The monoisotopic (exact) mass is 692 g/mol. The Morgan fingerprint density at radius 1 is 1.00 bits per heavy atom. The number of carbonyl (C=O) groups excluding carboxylic acids is 3. The number of aryl methyl sites for hydroxylation is 1. The number of rotatable bonds is 8. The predicted octanol–water partition coefficient (Wildman–Crippen LogP) is 6.22. The molecular formula is C40H45ClN6O3. The zero-order chi connectivity index (χ0) is 35.1. The number of para-hydroxylation sites is 2. The van der Waals surface area contributed by atoms with Gasteiger partial charge in [-0.15, -0.1) is 0 Å². The first-order chi connectivity index (χ1) is 24.1. The molecule has 2 N–H and O–H groups in total. The molecule has 0 spiro atoms. The number of hydrogen-bond donors (Lipinski definition) is 2. The fourth-order valence-electron chi connectivity index (χ4n) is 8.05. The van der Waals surface area contributed by atoms with Crippen molar-refractivity contribution in [3.05, 3.63) is 101 Å². The summed E-state index contributed by atoms with van der Waals surface area (Å²) in [5.74, 6) is -0.730. The third-order valence-corrected chi connectivity index (χ3v) is 10.9. The molecule has 2 aliphatic heterocycles. The van der Waals surface area contributed by atoms with E-state index < -0.39 is 6.04 Å². The molecule has 0 unspecified atom stereocenters. The highest BCUT2D eigenvalue weighted by Gasteiger charge is 2.39. The molecule has 260 valence electrons. The van der Waals surface area contributed by atoms with Crippen molar-refractivity contribution in [1.29, 1.82) is 0 Å². The molecule has 9 nitrogen and oxygen atoms in total. The number of aromatic nitrogens is 2. The number of amides is 3. The van der Waals surface area contributed by atoms with Crippen LogP contribution in [0.25, 0.3) is 21.8 Å². The molecule has 4 heterocycles. The number of halogens is 1. The van der Waals surface area contributed by atoms with Crippen LogP contribution in [0, 0.1) is 11.8 Å². The van der Waals surface area contributed by atoms with E-state index in [9.17, 15) is 14.4 Å². The van der Waals surface area contributed by atoms with E-state index in [-0.39, 0.29) is 35.5 Å². The van der Waals surface area contributed by atoms with Crippen LogP contribution in [0.2, 0.25) is 5.02 Å². The minimum Gasteiger partial charge on any atom is -0.361 e. The van der Waals surface area contributed by atoms with Gasteiger partial charge in [-0.3, -0.25) is 14.4 Å². The number of carbonyl (C=O) groups is 3. The number of benzene rings is 3. The van der Waals surface area contributed by atoms with Crippen molar-refractivity contribution < 1.29 is 14.4 Å². The summed E-state index contributed by atoms with van der Waals surface area (Å²) in [7, 11) is 6.00. The van der Waals surface area contributed by atoms with Gasteiger partial charge in [0.05, 0.1) is 0 Å². The van der Waals surface area contributed by atoms with Gasteiger partial charge in [0, 0.05) is 83.8 Å². The van der Waals surface area contributed by atoms with Crippen molar-refractivity contribution in [2.24, 2.45) is 18.9 Å². The summed E-state index contributed by atoms with van der Waals surface area (Å²) in [6, 6.07) is 22.9. The van der Waals surface area contributed by atoms with Gasteiger partial charge in [-0.1, -0.05) is 54.9 Å². The topological polar surface area (TPSA) is 93.7 Å². The van der Waals surface area contributed by atoms with E-state index in [0.717, 1.165) is 51.6 Å². The van der Waals surface area contributed by atoms with Crippen LogP contribution in [0.3, 0.4) is 0 Å². The van der Waals surface area contributed by atoms with Gasteiger partial charge in [-0.25, -0.2) is 0 Å². The highest BCUT2D eigenvalue weighted by molar-refractivity contribution is 6.30. The van der Waals surface area contributed by atoms with Crippen molar-refractivity contribution in [3.63, 3.8) is 0 Å². The summed E-state index contributed by atoms with van der Waals surface area (Å²) in [6.45, 7) is 4.34. The maximum atomic E-state index is 14.9. The Labute approximate surface area is 298 Å². The summed E-state index contributed by atoms with van der Waals surface area (Å²) < 4.78 is 1.94. The van der Waals surface area contributed by atoms with Crippen LogP contribution >= 0.6 is 11.6 Å². The Morgan fingerprint density at radius 3 is 2.50 bits per heavy atom. The number of nitrogens with one attached hydrogen (secondary N) is 2. The zero-order valence-corrected chi connectivity index (χ0v) is 29.9. The second kappa shape index (κ2) is 14.0. The molecule has 2 aromatic heterocycles. The summed E-state index contributed by atoms with van der Waals surface area (Å²) in [5.41, 5.74) is 5.50. The molecule has 10 heteroatoms. The van der Waals surface area contributed by atoms with Gasteiger partial charge in [0.25, 0.3) is 5.91 Å². The normalized spacial score (nSPS) is 18.0. The molecule has 3 atom stereocenters. The number of anilines is 1. The summed E-state index contributed by atoms with van der Waals surface area (Å²) in [4.78, 5) is 51.8. The Kier molecular flexibility index (Phi) is 9.46. The minimum atomic E-state index is -0.807. The number of piperidine rings is 1. The number of fused-ring (bicyclic) bond motifs is 3. The van der Waals surface area contributed by atoms with E-state index in [4.69, 9.17) is 11.6 Å². The predicted molar refractivity (Wildman–Crippen MR) is 200 cm³/mol. The van der Waals surface area contributed by atoms with Crippen LogP contribution in [-0.2, 0) is 23.1 Å². The van der Waals surface area contributed by atoms with Crippen molar-refractivity contribution in [3.8, 4) is 0 Å². The van der Waals surface area contributed by atoms with Gasteiger partial charge >= 0.3 is 0 Å². The molecule has 1 fully saturated rings. The third kappa shape index (κ3) is 6.52. The summed E-state index contributed by atoms with van der Waals surface area (Å²) >= 11 is 6.44. The van der Waals surface area contributed by atoms with E-state index >= 15 is 0 Å². The quantitative estimate of drug-likeness (QED) is 0.202. The molecular weight excluding hydrogens is 648 g/mol. The highest BCUT2D eigenvalue weighted by Crippen LogP contribution is 2.35. The SMILES string of the molecule is C[C@@H](c1c[nH]c2ccccc12)[C@H](NC(=O)C1CCN(C(=O)c2cc3ccccc3n2C)CC1)C(=O)N1C[C@@H](CN(C)C)Cc2cc(Cl)ccc21. The third-order valence-electron chi connectivity index (χ3n) is 10.7. The number of H-pyrrole nitrogens is 1. The lowest BCUT2D eigenvalue weighted by Gasteiger charge is -2.39. The molecule has 0 aliphatic carbocycles. The highest BCUT2D eigenvalue weighted by atomic mass is 35.5. The molecule has 50 heavy (non-hydrogen) atoms. The summed E-state index contributed by atoms with van der Waals surface area (Å²) in [5, 5.41) is 5.95. The summed E-state index contributed by atoms with van der Waals surface area (Å²) in [6.07, 6.45) is 3.83. The van der Waals surface area contributed by atoms with Gasteiger partial charge in [0.15, 0.2) is 0 Å². The molecule has 7 rings (SSSR count). The Morgan fingerprint density at radius 2 is 1.74 bits per heavy atom. The maximum Gasteiger partial charge on any atom is 0.270 e. The van der Waals surface area contributed by atoms with Gasteiger partial charge in [-0.2, -0.15) is 0 Å². The smallest absolute Gasteiger partial charge is 0.270 e. The van der Waals surface area contributed by atoms with E-state index in [2.05, 4.69) is 21.3 Å². The average molecular weight is 693 g/mol. The van der Waals surface area contributed by atoms with Crippen LogP contribution in [0.15, 0.2) is 79.0 Å². The van der Waals surface area contributed by atoms with Crippen molar-refractivity contribution in [2.75, 3.05) is 45.2 Å². The second-order valence-corrected chi connectivity index (χ2v) is 14.8. The van der Waals surface area contributed by atoms with E-state index in [0.29, 0.717) is 43.2 Å². The molecule has 2 aliphatic rings. The molecule has 1 saturated heterocycles. The molecule has 5 aromatic rings. The fourth-order valence-corrected chi connectivity index (χ4v) is 8.25. The van der Waals surface area contributed by atoms with Crippen LogP contribution < -0.4 is 10.2 Å². The maximum absolute atomic E-state index is 14.9. The first-order valence-corrected chi connectivity index (χ1v) is 17.9. The van der Waals surface area contributed by atoms with Crippen LogP contribution in [-0.4, -0.2) is 83.4 Å². The van der Waals surface area contributed by atoms with Crippen molar-refractivity contribution in [1.82, 2.24) is 24.7 Å². The van der Waals surface area contributed by atoms with Gasteiger partial charge in [0.1, 0.15) is 11.7 Å². The standard InChI is InChI=1S/C40H45ClN6O3/c1-25(32-22-42-33-11-7-6-10-31(32)33)37(40(50)47-24-26(23-44(2)3)19-29-20-30(41)13-14-35(29)47)43-38(48)27-15-17-46(18-16-27)39(49)36-21-28-9-5-8-12-34(28)45(36)4/h5-14,20-22,25-27,37,42H,15-19,23-24H2,1-4H3,(H,43,48)/t25-,26+,37-/m0/s1. The Bertz CT molecular complexity index is 2060.